The molecule has 2 aliphatic rings. The summed E-state index contributed by atoms with van der Waals surface area (Å²) in [7, 11) is 0. The average molecular weight is 510 g/mol. The summed E-state index contributed by atoms with van der Waals surface area (Å²) in [6, 6.07) is 4.24. The van der Waals surface area contributed by atoms with E-state index in [9.17, 15) is 9.59 Å². The van der Waals surface area contributed by atoms with E-state index in [-0.39, 0.29) is 17.8 Å². The lowest BCUT2D eigenvalue weighted by molar-refractivity contribution is -0.166. The summed E-state index contributed by atoms with van der Waals surface area (Å²) in [5.41, 5.74) is 4.31. The molecule has 0 N–H and O–H groups in total. The molecule has 7 heteroatoms. The molecule has 0 spiro atoms. The van der Waals surface area contributed by atoms with Crippen LogP contribution in [0.5, 0.6) is 0 Å². The molecule has 1 aromatic carbocycles. The minimum absolute atomic E-state index is 0.270. The van der Waals surface area contributed by atoms with Gasteiger partial charge in [-0.3, -0.25) is 14.8 Å². The van der Waals surface area contributed by atoms with Crippen LogP contribution >= 0.6 is 0 Å². The van der Waals surface area contributed by atoms with Gasteiger partial charge >= 0.3 is 12.1 Å². The third kappa shape index (κ3) is 7.65. The van der Waals surface area contributed by atoms with Crippen LogP contribution in [0.15, 0.2) is 24.5 Å². The topological polar surface area (TPSA) is 81.6 Å². The van der Waals surface area contributed by atoms with E-state index in [1.54, 1.807) is 24.2 Å². The Kier molecular flexibility index (Phi) is 10.1. The number of carbonyl (C=O) groups excluding carboxylic acids is 2. The van der Waals surface area contributed by atoms with E-state index >= 15 is 0 Å². The number of esters is 1. The van der Waals surface area contributed by atoms with E-state index in [2.05, 4.69) is 29.0 Å². The van der Waals surface area contributed by atoms with Crippen LogP contribution in [0.25, 0.3) is 11.0 Å². The van der Waals surface area contributed by atoms with E-state index in [1.165, 1.54) is 62.5 Å². The molecule has 1 aliphatic heterocycles. The molecule has 1 aliphatic carbocycles. The van der Waals surface area contributed by atoms with Gasteiger partial charge in [-0.1, -0.05) is 71.1 Å². The number of fused-ring (bicyclic) bond motifs is 6. The molecule has 1 fully saturated rings. The second-order valence-corrected chi connectivity index (χ2v) is 10.8. The number of hydrogen-bond donors (Lipinski definition) is 0. The molecule has 3 unspecified atom stereocenters. The lowest BCUT2D eigenvalue weighted by Gasteiger charge is -2.32. The Labute approximate surface area is 221 Å². The predicted octanol–water partition coefficient (Wildman–Crippen LogP) is 7.24. The van der Waals surface area contributed by atoms with Gasteiger partial charge in [0.1, 0.15) is 0 Å². The largest absolute Gasteiger partial charge is 0.425 e. The Bertz CT molecular complexity index is 992. The first-order chi connectivity index (χ1) is 18.0. The van der Waals surface area contributed by atoms with Crippen LogP contribution in [0.3, 0.4) is 0 Å². The predicted molar refractivity (Wildman–Crippen MR) is 144 cm³/mol. The van der Waals surface area contributed by atoms with E-state index in [1.807, 2.05) is 0 Å². The Morgan fingerprint density at radius 3 is 1.89 bits per heavy atom. The molecule has 0 saturated carbocycles. The second-order valence-electron chi connectivity index (χ2n) is 10.8. The number of aromatic nitrogens is 2. The molecule has 1 amide bonds. The molecule has 2 aromatic rings. The summed E-state index contributed by atoms with van der Waals surface area (Å²) in [6.45, 7) is 5.08. The van der Waals surface area contributed by atoms with E-state index in [0.29, 0.717) is 19.5 Å². The maximum atomic E-state index is 12.8. The summed E-state index contributed by atoms with van der Waals surface area (Å²) in [6.07, 6.45) is 17.1. The van der Waals surface area contributed by atoms with Crippen LogP contribution in [-0.4, -0.2) is 46.3 Å². The first-order valence-corrected chi connectivity index (χ1v) is 14.4. The molecule has 4 rings (SSSR count). The van der Waals surface area contributed by atoms with Crippen LogP contribution < -0.4 is 0 Å². The van der Waals surface area contributed by atoms with Crippen molar-refractivity contribution in [2.75, 3.05) is 13.1 Å². The number of unbranched alkanes of at least 4 members (excludes halogenated alkanes) is 10. The van der Waals surface area contributed by atoms with Crippen LogP contribution in [0.1, 0.15) is 120 Å². The highest BCUT2D eigenvalue weighted by Gasteiger charge is 2.40. The number of rotatable bonds is 14. The molecule has 202 valence electrons. The highest BCUT2D eigenvalue weighted by atomic mass is 16.7. The van der Waals surface area contributed by atoms with Gasteiger partial charge in [-0.25, -0.2) is 4.79 Å². The Morgan fingerprint density at radius 2 is 1.35 bits per heavy atom. The minimum atomic E-state index is -0.884. The average Bonchev–Trinajstić information content (AvgIpc) is 3.14. The maximum absolute atomic E-state index is 12.8. The fraction of sp³-hybridized carbons (Fsp3) is 0.667. The van der Waals surface area contributed by atoms with Crippen LogP contribution in [-0.2, 0) is 14.3 Å². The lowest BCUT2D eigenvalue weighted by Crippen LogP contribution is -2.41. The minimum Gasteiger partial charge on any atom is -0.425 e. The Morgan fingerprint density at radius 1 is 0.838 bits per heavy atom. The van der Waals surface area contributed by atoms with Gasteiger partial charge in [-0.15, -0.1) is 0 Å². The fourth-order valence-corrected chi connectivity index (χ4v) is 5.87. The van der Waals surface area contributed by atoms with Crippen molar-refractivity contribution in [3.8, 4) is 0 Å². The van der Waals surface area contributed by atoms with Gasteiger partial charge in [0, 0.05) is 50.7 Å². The molecular weight excluding hydrogens is 466 g/mol. The van der Waals surface area contributed by atoms with Gasteiger partial charge in [-0.2, -0.15) is 0 Å². The van der Waals surface area contributed by atoms with Crippen molar-refractivity contribution in [2.45, 2.75) is 115 Å². The Balaban J connectivity index is 1.11. The van der Waals surface area contributed by atoms with E-state index in [0.717, 1.165) is 36.7 Å². The number of ether oxygens (including phenoxy) is 2. The van der Waals surface area contributed by atoms with Gasteiger partial charge in [0.25, 0.3) is 0 Å². The standard InChI is InChI=1S/C30H43N3O4/c1-3-4-5-6-7-8-9-10-11-12-13-14-29(34)36-22(2)37-30(35)33-20-23-17-24(21-33)26-19-28-27(18-25(23)26)31-15-16-32-28/h15-16,18-19,22-24H,3-14,17,20-21H2,1-2H3. The zero-order valence-corrected chi connectivity index (χ0v) is 22.6. The molecule has 1 saturated heterocycles. The second kappa shape index (κ2) is 13.7. The molecule has 37 heavy (non-hydrogen) atoms. The molecule has 3 atom stereocenters. The number of likely N-dealkylation sites (tertiary alicyclic amines) is 1. The van der Waals surface area contributed by atoms with Crippen molar-refractivity contribution < 1.29 is 19.1 Å². The van der Waals surface area contributed by atoms with Crippen molar-refractivity contribution in [1.82, 2.24) is 14.9 Å². The Hall–Kier alpha value is -2.70. The molecule has 1 aromatic heterocycles. The van der Waals surface area contributed by atoms with Crippen molar-refractivity contribution in [3.63, 3.8) is 0 Å². The SMILES string of the molecule is CCCCCCCCCCCCCC(=O)OC(C)OC(=O)N1CC2CC(C1)c1cc3nccnc3cc12. The highest BCUT2D eigenvalue weighted by molar-refractivity contribution is 5.77. The van der Waals surface area contributed by atoms with Gasteiger partial charge in [0.15, 0.2) is 0 Å². The van der Waals surface area contributed by atoms with Crippen LogP contribution in [0.4, 0.5) is 4.79 Å². The number of nitrogens with zero attached hydrogens (tertiary/aromatic N) is 3. The molecule has 0 radical (unpaired) electrons. The summed E-state index contributed by atoms with van der Waals surface area (Å²) in [4.78, 5) is 35.7. The van der Waals surface area contributed by atoms with Crippen LogP contribution in [0, 0.1) is 0 Å². The first kappa shape index (κ1) is 27.3. The lowest BCUT2D eigenvalue weighted by atomic mass is 9.96. The first-order valence-electron chi connectivity index (χ1n) is 14.4. The number of amides is 1. The smallest absolute Gasteiger partial charge is 0.412 e. The van der Waals surface area contributed by atoms with E-state index < -0.39 is 12.4 Å². The van der Waals surface area contributed by atoms with E-state index in [4.69, 9.17) is 9.47 Å². The monoisotopic (exact) mass is 509 g/mol. The summed E-state index contributed by atoms with van der Waals surface area (Å²) >= 11 is 0. The molecule has 2 heterocycles. The third-order valence-corrected chi connectivity index (χ3v) is 7.81. The fourth-order valence-electron chi connectivity index (χ4n) is 5.87. The van der Waals surface area contributed by atoms with Gasteiger partial charge in [0.2, 0.25) is 6.29 Å². The van der Waals surface area contributed by atoms with Crippen molar-refractivity contribution in [3.05, 3.63) is 35.7 Å². The number of carbonyl (C=O) groups is 2. The summed E-state index contributed by atoms with van der Waals surface area (Å²) < 4.78 is 10.8. The summed E-state index contributed by atoms with van der Waals surface area (Å²) in [5.74, 6) is 0.243. The van der Waals surface area contributed by atoms with Crippen molar-refractivity contribution in [2.24, 2.45) is 0 Å². The molecular formula is C30H43N3O4. The zero-order chi connectivity index (χ0) is 26.0. The normalized spacial score (nSPS) is 19.0. The maximum Gasteiger partial charge on any atom is 0.412 e. The van der Waals surface area contributed by atoms with Gasteiger partial charge in [-0.05, 0) is 36.1 Å². The molecule has 7 nitrogen and oxygen atoms in total. The zero-order valence-electron chi connectivity index (χ0n) is 22.6. The quantitative estimate of drug-likeness (QED) is 0.152. The van der Waals surface area contributed by atoms with Crippen molar-refractivity contribution >= 4 is 23.1 Å². The number of benzene rings is 1. The number of hydrogen-bond acceptors (Lipinski definition) is 6. The highest BCUT2D eigenvalue weighted by Crippen LogP contribution is 2.47. The van der Waals surface area contributed by atoms with Gasteiger partial charge in [0.05, 0.1) is 11.0 Å². The third-order valence-electron chi connectivity index (χ3n) is 7.81. The van der Waals surface area contributed by atoms with Gasteiger partial charge < -0.3 is 14.4 Å². The van der Waals surface area contributed by atoms with Crippen LogP contribution in [0.2, 0.25) is 0 Å². The van der Waals surface area contributed by atoms with Crippen molar-refractivity contribution in [1.29, 1.82) is 0 Å². The number of piperidine rings is 1. The summed E-state index contributed by atoms with van der Waals surface area (Å²) in [5, 5.41) is 0. The molecule has 2 bridgehead atoms.